The number of aromatic nitrogens is 1. The van der Waals surface area contributed by atoms with Gasteiger partial charge in [0.25, 0.3) is 5.91 Å². The molecule has 0 spiro atoms. The van der Waals surface area contributed by atoms with Gasteiger partial charge in [-0.1, -0.05) is 18.2 Å². The summed E-state index contributed by atoms with van der Waals surface area (Å²) in [7, 11) is 5.49. The highest BCUT2D eigenvalue weighted by atomic mass is 16.2. The van der Waals surface area contributed by atoms with Crippen LogP contribution in [-0.2, 0) is 7.05 Å². The Hall–Kier alpha value is -1.77. The number of nitrogens with zero attached hydrogens (tertiary/aromatic N) is 2. The van der Waals surface area contributed by atoms with Crippen LogP contribution >= 0.6 is 0 Å². The van der Waals surface area contributed by atoms with E-state index in [0.29, 0.717) is 0 Å². The Kier molecular flexibility index (Phi) is 2.23. The number of hydrogen-bond donors (Lipinski definition) is 0. The Morgan fingerprint density at radius 3 is 2.60 bits per heavy atom. The highest BCUT2D eigenvalue weighted by Gasteiger charge is 2.14. The first-order valence-electron chi connectivity index (χ1n) is 4.87. The topological polar surface area (TPSA) is 25.2 Å². The number of benzene rings is 1. The second-order valence-corrected chi connectivity index (χ2v) is 3.87. The van der Waals surface area contributed by atoms with E-state index in [0.717, 1.165) is 16.5 Å². The fourth-order valence-electron chi connectivity index (χ4n) is 1.75. The maximum Gasteiger partial charge on any atom is 0.255 e. The molecule has 2 rings (SSSR count). The molecule has 0 aliphatic rings. The fraction of sp³-hybridized carbons (Fsp3) is 0.250. The molecule has 0 atom stereocenters. The molecule has 1 aromatic carbocycles. The van der Waals surface area contributed by atoms with Gasteiger partial charge in [0.05, 0.1) is 5.56 Å². The predicted octanol–water partition coefficient (Wildman–Crippen LogP) is 1.88. The standard InChI is InChI=1S/C12H14N2O/c1-13(2)12(15)10-8-14(3)11-7-5-4-6-9(10)11/h4-8H,1-3H3. The van der Waals surface area contributed by atoms with Crippen molar-refractivity contribution in [2.45, 2.75) is 0 Å². The zero-order chi connectivity index (χ0) is 11.0. The number of carbonyl (C=O) groups is 1. The van der Waals surface area contributed by atoms with Crippen molar-refractivity contribution in [2.75, 3.05) is 14.1 Å². The van der Waals surface area contributed by atoms with E-state index in [-0.39, 0.29) is 5.91 Å². The van der Waals surface area contributed by atoms with Gasteiger partial charge in [-0.3, -0.25) is 4.79 Å². The minimum Gasteiger partial charge on any atom is -0.350 e. The third kappa shape index (κ3) is 1.50. The van der Waals surface area contributed by atoms with Gasteiger partial charge in [0, 0.05) is 38.2 Å². The molecule has 15 heavy (non-hydrogen) atoms. The van der Waals surface area contributed by atoms with Crippen molar-refractivity contribution in [3.8, 4) is 0 Å². The SMILES string of the molecule is CN(C)C(=O)c1cn(C)c2ccccc12. The maximum atomic E-state index is 11.9. The molecule has 0 aliphatic heterocycles. The summed E-state index contributed by atoms with van der Waals surface area (Å²) in [5.41, 5.74) is 1.85. The summed E-state index contributed by atoms with van der Waals surface area (Å²) in [4.78, 5) is 13.5. The van der Waals surface area contributed by atoms with Crippen LogP contribution in [0.15, 0.2) is 30.5 Å². The monoisotopic (exact) mass is 202 g/mol. The van der Waals surface area contributed by atoms with Crippen molar-refractivity contribution in [3.63, 3.8) is 0 Å². The van der Waals surface area contributed by atoms with Crippen LogP contribution in [0.5, 0.6) is 0 Å². The van der Waals surface area contributed by atoms with Gasteiger partial charge in [0.1, 0.15) is 0 Å². The van der Waals surface area contributed by atoms with E-state index in [1.165, 1.54) is 0 Å². The molecule has 0 saturated carbocycles. The molecule has 0 saturated heterocycles. The highest BCUT2D eigenvalue weighted by Crippen LogP contribution is 2.20. The number of amides is 1. The molecule has 3 heteroatoms. The molecule has 1 heterocycles. The summed E-state index contributed by atoms with van der Waals surface area (Å²) in [5.74, 6) is 0.0480. The highest BCUT2D eigenvalue weighted by molar-refractivity contribution is 6.06. The first-order valence-corrected chi connectivity index (χ1v) is 4.87. The largest absolute Gasteiger partial charge is 0.350 e. The van der Waals surface area contributed by atoms with Gasteiger partial charge >= 0.3 is 0 Å². The Morgan fingerprint density at radius 2 is 1.93 bits per heavy atom. The average Bonchev–Trinajstić information content (AvgIpc) is 2.56. The average molecular weight is 202 g/mol. The van der Waals surface area contributed by atoms with E-state index in [1.54, 1.807) is 19.0 Å². The second-order valence-electron chi connectivity index (χ2n) is 3.87. The van der Waals surface area contributed by atoms with E-state index in [2.05, 4.69) is 0 Å². The molecule has 2 aromatic rings. The number of para-hydroxylation sites is 1. The van der Waals surface area contributed by atoms with Crippen molar-refractivity contribution >= 4 is 16.8 Å². The molecule has 0 aliphatic carbocycles. The molecular formula is C12H14N2O. The van der Waals surface area contributed by atoms with Crippen LogP contribution in [-0.4, -0.2) is 29.5 Å². The summed E-state index contributed by atoms with van der Waals surface area (Å²) in [6, 6.07) is 7.93. The number of hydrogen-bond acceptors (Lipinski definition) is 1. The van der Waals surface area contributed by atoms with Gasteiger partial charge in [0.15, 0.2) is 0 Å². The van der Waals surface area contributed by atoms with Crippen LogP contribution in [0.1, 0.15) is 10.4 Å². The molecule has 0 N–H and O–H groups in total. The molecule has 1 aromatic heterocycles. The molecular weight excluding hydrogens is 188 g/mol. The van der Waals surface area contributed by atoms with E-state index in [4.69, 9.17) is 0 Å². The lowest BCUT2D eigenvalue weighted by atomic mass is 10.1. The molecule has 0 bridgehead atoms. The van der Waals surface area contributed by atoms with Crippen LogP contribution in [0.3, 0.4) is 0 Å². The Morgan fingerprint density at radius 1 is 1.27 bits per heavy atom. The molecule has 0 fully saturated rings. The summed E-state index contributed by atoms with van der Waals surface area (Å²) in [6.07, 6.45) is 1.88. The predicted molar refractivity (Wildman–Crippen MR) is 60.9 cm³/mol. The Labute approximate surface area is 88.9 Å². The number of carbonyl (C=O) groups excluding carboxylic acids is 1. The molecule has 1 amide bonds. The Balaban J connectivity index is 2.67. The lowest BCUT2D eigenvalue weighted by Crippen LogP contribution is -2.21. The fourth-order valence-corrected chi connectivity index (χ4v) is 1.75. The quantitative estimate of drug-likeness (QED) is 0.693. The van der Waals surface area contributed by atoms with Crippen LogP contribution in [0, 0.1) is 0 Å². The van der Waals surface area contributed by atoms with Crippen molar-refractivity contribution in [3.05, 3.63) is 36.0 Å². The van der Waals surface area contributed by atoms with Gasteiger partial charge in [-0.05, 0) is 6.07 Å². The zero-order valence-electron chi connectivity index (χ0n) is 9.19. The number of aryl methyl sites for hydroxylation is 1. The van der Waals surface area contributed by atoms with Gasteiger partial charge in [-0.25, -0.2) is 0 Å². The maximum absolute atomic E-state index is 11.9. The van der Waals surface area contributed by atoms with Crippen LogP contribution in [0.25, 0.3) is 10.9 Å². The first kappa shape index (κ1) is 9.77. The molecule has 3 nitrogen and oxygen atoms in total. The minimum atomic E-state index is 0.0480. The molecule has 0 unspecified atom stereocenters. The van der Waals surface area contributed by atoms with Crippen molar-refractivity contribution in [2.24, 2.45) is 7.05 Å². The third-order valence-electron chi connectivity index (χ3n) is 2.53. The van der Waals surface area contributed by atoms with Crippen LogP contribution in [0.4, 0.5) is 0 Å². The normalized spacial score (nSPS) is 10.6. The van der Waals surface area contributed by atoms with Gasteiger partial charge in [0.2, 0.25) is 0 Å². The summed E-state index contributed by atoms with van der Waals surface area (Å²) in [5, 5.41) is 1.01. The van der Waals surface area contributed by atoms with Crippen LogP contribution in [0.2, 0.25) is 0 Å². The first-order chi connectivity index (χ1) is 7.11. The Bertz CT molecular complexity index is 511. The van der Waals surface area contributed by atoms with Gasteiger partial charge in [-0.2, -0.15) is 0 Å². The van der Waals surface area contributed by atoms with E-state index < -0.39 is 0 Å². The van der Waals surface area contributed by atoms with E-state index in [1.807, 2.05) is 42.1 Å². The van der Waals surface area contributed by atoms with Crippen LogP contribution < -0.4 is 0 Å². The lowest BCUT2D eigenvalue weighted by molar-refractivity contribution is 0.0829. The number of fused-ring (bicyclic) bond motifs is 1. The second kappa shape index (κ2) is 3.42. The molecule has 0 radical (unpaired) electrons. The summed E-state index contributed by atoms with van der Waals surface area (Å²) in [6.45, 7) is 0. The summed E-state index contributed by atoms with van der Waals surface area (Å²) < 4.78 is 1.98. The van der Waals surface area contributed by atoms with Crippen molar-refractivity contribution in [1.29, 1.82) is 0 Å². The summed E-state index contributed by atoms with van der Waals surface area (Å²) >= 11 is 0. The van der Waals surface area contributed by atoms with Gasteiger partial charge < -0.3 is 9.47 Å². The number of rotatable bonds is 1. The van der Waals surface area contributed by atoms with Crippen molar-refractivity contribution < 1.29 is 4.79 Å². The van der Waals surface area contributed by atoms with E-state index >= 15 is 0 Å². The molecule has 78 valence electrons. The third-order valence-corrected chi connectivity index (χ3v) is 2.53. The van der Waals surface area contributed by atoms with E-state index in [9.17, 15) is 4.79 Å². The lowest BCUT2D eigenvalue weighted by Gasteiger charge is -2.08. The zero-order valence-corrected chi connectivity index (χ0v) is 9.19. The minimum absolute atomic E-state index is 0.0480. The smallest absolute Gasteiger partial charge is 0.255 e. The van der Waals surface area contributed by atoms with Crippen molar-refractivity contribution in [1.82, 2.24) is 9.47 Å². The van der Waals surface area contributed by atoms with Gasteiger partial charge in [-0.15, -0.1) is 0 Å².